The number of urea groups is 1. The zero-order valence-corrected chi connectivity index (χ0v) is 12.6. The third-order valence-electron chi connectivity index (χ3n) is 3.19. The van der Waals surface area contributed by atoms with E-state index in [1.54, 1.807) is 0 Å². The Balaban J connectivity index is 1.64. The van der Waals surface area contributed by atoms with Crippen LogP contribution in [0.1, 0.15) is 19.8 Å². The van der Waals surface area contributed by atoms with E-state index in [0.29, 0.717) is 12.6 Å². The Hall–Kier alpha value is -1.36. The Morgan fingerprint density at radius 1 is 1.35 bits per heavy atom. The minimum atomic E-state index is -0.0922. The summed E-state index contributed by atoms with van der Waals surface area (Å²) in [6.45, 7) is 2.45. The summed E-state index contributed by atoms with van der Waals surface area (Å²) < 4.78 is 5.71. The summed E-state index contributed by atoms with van der Waals surface area (Å²) in [6, 6.07) is 9.87. The average molecular weight is 294 g/mol. The van der Waals surface area contributed by atoms with Gasteiger partial charge in [-0.2, -0.15) is 11.8 Å². The van der Waals surface area contributed by atoms with Crippen molar-refractivity contribution >= 4 is 17.8 Å². The second-order valence-electron chi connectivity index (χ2n) is 4.98. The number of benzene rings is 1. The zero-order chi connectivity index (χ0) is 14.2. The molecular formula is C15H22N2O2S. The topological polar surface area (TPSA) is 50.4 Å². The number of para-hydroxylation sites is 1. The second-order valence-corrected chi connectivity index (χ2v) is 6.21. The van der Waals surface area contributed by atoms with E-state index in [2.05, 4.69) is 10.6 Å². The van der Waals surface area contributed by atoms with Gasteiger partial charge in [0, 0.05) is 6.04 Å². The number of thioether (sulfide) groups is 1. The highest BCUT2D eigenvalue weighted by molar-refractivity contribution is 7.99. The van der Waals surface area contributed by atoms with Crippen molar-refractivity contribution in [3.05, 3.63) is 30.3 Å². The number of hydrogen-bond acceptors (Lipinski definition) is 3. The molecule has 20 heavy (non-hydrogen) atoms. The number of carbonyl (C=O) groups is 1. The molecule has 4 nitrogen and oxygen atoms in total. The first-order valence-electron chi connectivity index (χ1n) is 7.08. The fourth-order valence-corrected chi connectivity index (χ4v) is 3.19. The summed E-state index contributed by atoms with van der Waals surface area (Å²) in [4.78, 5) is 11.8. The number of carbonyl (C=O) groups excluding carboxylic acids is 1. The summed E-state index contributed by atoms with van der Waals surface area (Å²) in [5, 5.41) is 5.89. The molecule has 0 saturated carbocycles. The molecular weight excluding hydrogens is 272 g/mol. The van der Waals surface area contributed by atoms with Gasteiger partial charge in [-0.15, -0.1) is 0 Å². The van der Waals surface area contributed by atoms with Crippen molar-refractivity contribution < 1.29 is 9.53 Å². The van der Waals surface area contributed by atoms with E-state index < -0.39 is 0 Å². The van der Waals surface area contributed by atoms with Gasteiger partial charge in [0.25, 0.3) is 0 Å². The molecule has 0 aliphatic carbocycles. The summed E-state index contributed by atoms with van der Waals surface area (Å²) in [7, 11) is 0. The van der Waals surface area contributed by atoms with Gasteiger partial charge in [0.15, 0.2) is 0 Å². The quantitative estimate of drug-likeness (QED) is 0.878. The van der Waals surface area contributed by atoms with Gasteiger partial charge in [0.2, 0.25) is 0 Å². The Bertz CT molecular complexity index is 408. The molecule has 0 unspecified atom stereocenters. The van der Waals surface area contributed by atoms with Crippen LogP contribution < -0.4 is 15.4 Å². The monoisotopic (exact) mass is 294 g/mol. The van der Waals surface area contributed by atoms with Gasteiger partial charge in [-0.3, -0.25) is 0 Å². The second kappa shape index (κ2) is 8.04. The highest BCUT2D eigenvalue weighted by Gasteiger charge is 2.16. The van der Waals surface area contributed by atoms with Crippen LogP contribution in [-0.2, 0) is 0 Å². The SMILES string of the molecule is C[C@H](CNC(=O)NC1CCSCC1)Oc1ccccc1. The maximum atomic E-state index is 11.8. The van der Waals surface area contributed by atoms with E-state index in [-0.39, 0.29) is 12.1 Å². The van der Waals surface area contributed by atoms with E-state index in [4.69, 9.17) is 4.74 Å². The van der Waals surface area contributed by atoms with Crippen molar-refractivity contribution in [1.29, 1.82) is 0 Å². The van der Waals surface area contributed by atoms with E-state index in [0.717, 1.165) is 30.1 Å². The lowest BCUT2D eigenvalue weighted by molar-refractivity contribution is 0.205. The Kier molecular flexibility index (Phi) is 6.05. The third-order valence-corrected chi connectivity index (χ3v) is 4.24. The van der Waals surface area contributed by atoms with Crippen molar-refractivity contribution in [3.8, 4) is 5.75 Å². The molecule has 1 heterocycles. The van der Waals surface area contributed by atoms with Crippen LogP contribution in [0.5, 0.6) is 5.75 Å². The van der Waals surface area contributed by atoms with Crippen molar-refractivity contribution in [1.82, 2.24) is 10.6 Å². The predicted molar refractivity (Wildman–Crippen MR) is 83.4 cm³/mol. The van der Waals surface area contributed by atoms with Crippen molar-refractivity contribution in [2.75, 3.05) is 18.1 Å². The standard InChI is InChI=1S/C15H22N2O2S/c1-12(19-14-5-3-2-4-6-14)11-16-15(18)17-13-7-9-20-10-8-13/h2-6,12-13H,7-11H2,1H3,(H2,16,17,18)/t12-/m1/s1. The van der Waals surface area contributed by atoms with Gasteiger partial charge >= 0.3 is 6.03 Å². The molecule has 1 atom stereocenters. The number of hydrogen-bond donors (Lipinski definition) is 2. The third kappa shape index (κ3) is 5.33. The molecule has 2 amide bonds. The maximum absolute atomic E-state index is 11.8. The molecule has 1 aliphatic heterocycles. The Labute approximate surface area is 124 Å². The maximum Gasteiger partial charge on any atom is 0.315 e. The molecule has 110 valence electrons. The van der Waals surface area contributed by atoms with Crippen LogP contribution in [0.4, 0.5) is 4.79 Å². The normalized spacial score (nSPS) is 17.2. The Morgan fingerprint density at radius 3 is 2.75 bits per heavy atom. The largest absolute Gasteiger partial charge is 0.489 e. The van der Waals surface area contributed by atoms with Crippen molar-refractivity contribution in [2.45, 2.75) is 31.9 Å². The van der Waals surface area contributed by atoms with Gasteiger partial charge in [-0.1, -0.05) is 18.2 Å². The van der Waals surface area contributed by atoms with Crippen LogP contribution in [0.15, 0.2) is 30.3 Å². The van der Waals surface area contributed by atoms with Gasteiger partial charge in [0.05, 0.1) is 6.54 Å². The summed E-state index contributed by atoms with van der Waals surface area (Å²) >= 11 is 1.95. The van der Waals surface area contributed by atoms with E-state index in [1.165, 1.54) is 0 Å². The summed E-state index contributed by atoms with van der Waals surface area (Å²) in [5.74, 6) is 3.10. The highest BCUT2D eigenvalue weighted by Crippen LogP contribution is 2.16. The number of rotatable bonds is 5. The molecule has 0 spiro atoms. The van der Waals surface area contributed by atoms with Crippen molar-refractivity contribution in [2.24, 2.45) is 0 Å². The van der Waals surface area contributed by atoms with Crippen LogP contribution in [0.25, 0.3) is 0 Å². The molecule has 0 radical (unpaired) electrons. The Morgan fingerprint density at radius 2 is 2.05 bits per heavy atom. The van der Waals surface area contributed by atoms with Gasteiger partial charge in [-0.05, 0) is 43.4 Å². The minimum Gasteiger partial charge on any atom is -0.489 e. The molecule has 0 aromatic heterocycles. The first kappa shape index (κ1) is 15.0. The smallest absolute Gasteiger partial charge is 0.315 e. The molecule has 2 N–H and O–H groups in total. The lowest BCUT2D eigenvalue weighted by Gasteiger charge is -2.23. The molecule has 1 fully saturated rings. The van der Waals surface area contributed by atoms with Crippen LogP contribution in [0.3, 0.4) is 0 Å². The molecule has 5 heteroatoms. The first-order valence-corrected chi connectivity index (χ1v) is 8.23. The molecule has 1 aromatic rings. The van der Waals surface area contributed by atoms with Crippen LogP contribution in [0, 0.1) is 0 Å². The number of amides is 2. The highest BCUT2D eigenvalue weighted by atomic mass is 32.2. The fraction of sp³-hybridized carbons (Fsp3) is 0.533. The number of nitrogens with one attached hydrogen (secondary N) is 2. The van der Waals surface area contributed by atoms with E-state index in [9.17, 15) is 4.79 Å². The lowest BCUT2D eigenvalue weighted by atomic mass is 10.2. The van der Waals surface area contributed by atoms with Crippen LogP contribution in [0.2, 0.25) is 0 Å². The molecule has 1 saturated heterocycles. The predicted octanol–water partition coefficient (Wildman–Crippen LogP) is 2.65. The number of ether oxygens (including phenoxy) is 1. The van der Waals surface area contributed by atoms with Crippen molar-refractivity contribution in [3.63, 3.8) is 0 Å². The molecule has 2 rings (SSSR count). The molecule has 1 aromatic carbocycles. The summed E-state index contributed by atoms with van der Waals surface area (Å²) in [6.07, 6.45) is 2.08. The molecule has 1 aliphatic rings. The average Bonchev–Trinajstić information content (AvgIpc) is 2.47. The van der Waals surface area contributed by atoms with Crippen LogP contribution >= 0.6 is 11.8 Å². The summed E-state index contributed by atoms with van der Waals surface area (Å²) in [5.41, 5.74) is 0. The van der Waals surface area contributed by atoms with Gasteiger partial charge in [0.1, 0.15) is 11.9 Å². The fourth-order valence-electron chi connectivity index (χ4n) is 2.09. The lowest BCUT2D eigenvalue weighted by Crippen LogP contribution is -2.46. The van der Waals surface area contributed by atoms with Gasteiger partial charge < -0.3 is 15.4 Å². The minimum absolute atomic E-state index is 0.0509. The van der Waals surface area contributed by atoms with E-state index >= 15 is 0 Å². The molecule has 0 bridgehead atoms. The first-order chi connectivity index (χ1) is 9.74. The zero-order valence-electron chi connectivity index (χ0n) is 11.8. The van der Waals surface area contributed by atoms with E-state index in [1.807, 2.05) is 49.0 Å². The van der Waals surface area contributed by atoms with Gasteiger partial charge in [-0.25, -0.2) is 4.79 Å². The van der Waals surface area contributed by atoms with Crippen LogP contribution in [-0.4, -0.2) is 36.2 Å².